The fourth-order valence-electron chi connectivity index (χ4n) is 2.08. The van der Waals surface area contributed by atoms with Crippen molar-refractivity contribution in [2.75, 3.05) is 13.2 Å². The van der Waals surface area contributed by atoms with Gasteiger partial charge in [-0.05, 0) is 44.5 Å². The van der Waals surface area contributed by atoms with Gasteiger partial charge in [0.2, 0.25) is 0 Å². The molecule has 1 atom stereocenters. The highest BCUT2D eigenvalue weighted by Crippen LogP contribution is 2.31. The fourth-order valence-corrected chi connectivity index (χ4v) is 2.08. The van der Waals surface area contributed by atoms with Gasteiger partial charge in [-0.2, -0.15) is 0 Å². The van der Waals surface area contributed by atoms with Crippen molar-refractivity contribution in [1.82, 2.24) is 9.97 Å². The molecule has 0 spiro atoms. The van der Waals surface area contributed by atoms with Gasteiger partial charge in [0.25, 0.3) is 0 Å². The lowest BCUT2D eigenvalue weighted by Crippen LogP contribution is -2.14. The molecule has 5 nitrogen and oxygen atoms in total. The topological polar surface area (TPSA) is 70.3 Å². The molecule has 0 saturated heterocycles. The van der Waals surface area contributed by atoms with Crippen LogP contribution in [0, 0.1) is 6.92 Å². The van der Waals surface area contributed by atoms with Crippen LogP contribution >= 0.6 is 0 Å². The quantitative estimate of drug-likeness (QED) is 0.884. The van der Waals surface area contributed by atoms with E-state index in [1.807, 2.05) is 45.0 Å². The number of aromatic nitrogens is 2. The van der Waals surface area contributed by atoms with Crippen molar-refractivity contribution < 1.29 is 9.47 Å². The van der Waals surface area contributed by atoms with E-state index in [2.05, 4.69) is 9.97 Å². The fraction of sp³-hybridized carbons (Fsp3) is 0.375. The Balaban J connectivity index is 2.32. The number of aryl methyl sites for hydroxylation is 1. The average Bonchev–Trinajstić information content (AvgIpc) is 2.49. The van der Waals surface area contributed by atoms with Crippen LogP contribution in [-0.2, 0) is 0 Å². The van der Waals surface area contributed by atoms with Crippen molar-refractivity contribution in [1.29, 1.82) is 0 Å². The molecular weight excluding hydrogens is 266 g/mol. The van der Waals surface area contributed by atoms with Gasteiger partial charge in [0, 0.05) is 6.20 Å². The van der Waals surface area contributed by atoms with E-state index in [1.165, 1.54) is 0 Å². The first-order valence-corrected chi connectivity index (χ1v) is 7.10. The van der Waals surface area contributed by atoms with Crippen molar-refractivity contribution in [2.24, 2.45) is 5.73 Å². The molecule has 0 aliphatic carbocycles. The maximum Gasteiger partial charge on any atom is 0.161 e. The highest BCUT2D eigenvalue weighted by molar-refractivity contribution is 5.45. The Labute approximate surface area is 125 Å². The summed E-state index contributed by atoms with van der Waals surface area (Å²) >= 11 is 0. The zero-order valence-corrected chi connectivity index (χ0v) is 12.7. The molecule has 2 rings (SSSR count). The maximum absolute atomic E-state index is 6.29. The summed E-state index contributed by atoms with van der Waals surface area (Å²) in [6.07, 6.45) is 1.72. The van der Waals surface area contributed by atoms with Crippen LogP contribution in [0.4, 0.5) is 0 Å². The molecule has 112 valence electrons. The molecule has 2 aromatic rings. The monoisotopic (exact) mass is 287 g/mol. The van der Waals surface area contributed by atoms with Crippen molar-refractivity contribution >= 4 is 0 Å². The molecule has 0 saturated carbocycles. The Bertz CT molecular complexity index is 602. The van der Waals surface area contributed by atoms with Gasteiger partial charge in [-0.3, -0.25) is 0 Å². The van der Waals surface area contributed by atoms with Crippen LogP contribution in [0.1, 0.15) is 37.0 Å². The molecule has 0 aliphatic rings. The van der Waals surface area contributed by atoms with Crippen molar-refractivity contribution in [3.8, 4) is 11.5 Å². The summed E-state index contributed by atoms with van der Waals surface area (Å²) in [5.41, 5.74) is 8.00. The number of hydrogen-bond donors (Lipinski definition) is 1. The first kappa shape index (κ1) is 15.3. The van der Waals surface area contributed by atoms with Gasteiger partial charge in [-0.15, -0.1) is 0 Å². The number of rotatable bonds is 6. The number of hydrogen-bond acceptors (Lipinski definition) is 5. The van der Waals surface area contributed by atoms with Crippen molar-refractivity contribution in [2.45, 2.75) is 26.8 Å². The number of nitrogens with two attached hydrogens (primary N) is 1. The van der Waals surface area contributed by atoms with Gasteiger partial charge < -0.3 is 15.2 Å². The summed E-state index contributed by atoms with van der Waals surface area (Å²) in [5, 5.41) is 0. The number of benzene rings is 1. The molecule has 1 aromatic heterocycles. The minimum absolute atomic E-state index is 0.318. The largest absolute Gasteiger partial charge is 0.490 e. The van der Waals surface area contributed by atoms with Crippen LogP contribution in [0.3, 0.4) is 0 Å². The second kappa shape index (κ2) is 7.04. The lowest BCUT2D eigenvalue weighted by atomic mass is 10.0. The van der Waals surface area contributed by atoms with Crippen LogP contribution in [0.25, 0.3) is 0 Å². The zero-order valence-electron chi connectivity index (χ0n) is 12.7. The lowest BCUT2D eigenvalue weighted by molar-refractivity contribution is 0.287. The smallest absolute Gasteiger partial charge is 0.161 e. The minimum atomic E-state index is -0.318. The molecular formula is C16H21N3O2. The Morgan fingerprint density at radius 1 is 1.10 bits per heavy atom. The van der Waals surface area contributed by atoms with Crippen LogP contribution in [0.5, 0.6) is 11.5 Å². The van der Waals surface area contributed by atoms with E-state index in [-0.39, 0.29) is 6.04 Å². The van der Waals surface area contributed by atoms with E-state index in [1.54, 1.807) is 6.20 Å². The molecule has 1 aromatic carbocycles. The summed E-state index contributed by atoms with van der Waals surface area (Å²) in [6.45, 7) is 6.90. The molecule has 0 bridgehead atoms. The Morgan fingerprint density at radius 2 is 1.81 bits per heavy atom. The standard InChI is InChI=1S/C16H21N3O2/c1-4-20-14-7-6-12(10-15(14)21-5-2)16(17)13-8-9-18-11(3)19-13/h6-10,16H,4-5,17H2,1-3H3. The van der Waals surface area contributed by atoms with Crippen LogP contribution < -0.4 is 15.2 Å². The molecule has 0 radical (unpaired) electrons. The van der Waals surface area contributed by atoms with E-state index in [9.17, 15) is 0 Å². The van der Waals surface area contributed by atoms with E-state index in [4.69, 9.17) is 15.2 Å². The number of nitrogens with zero attached hydrogens (tertiary/aromatic N) is 2. The third-order valence-corrected chi connectivity index (χ3v) is 3.04. The molecule has 1 unspecified atom stereocenters. The van der Waals surface area contributed by atoms with Crippen molar-refractivity contribution in [3.63, 3.8) is 0 Å². The Kier molecular flexibility index (Phi) is 5.11. The third-order valence-electron chi connectivity index (χ3n) is 3.04. The predicted octanol–water partition coefficient (Wildman–Crippen LogP) is 2.63. The molecule has 1 heterocycles. The first-order valence-electron chi connectivity index (χ1n) is 7.10. The van der Waals surface area contributed by atoms with E-state index in [0.717, 1.165) is 17.0 Å². The van der Waals surface area contributed by atoms with Gasteiger partial charge in [0.05, 0.1) is 24.9 Å². The van der Waals surface area contributed by atoms with Gasteiger partial charge in [-0.25, -0.2) is 9.97 Å². The van der Waals surface area contributed by atoms with E-state index >= 15 is 0 Å². The molecule has 5 heteroatoms. The molecule has 2 N–H and O–H groups in total. The van der Waals surface area contributed by atoms with Gasteiger partial charge in [0.1, 0.15) is 5.82 Å². The van der Waals surface area contributed by atoms with Crippen LogP contribution in [0.15, 0.2) is 30.5 Å². The number of ether oxygens (including phenoxy) is 2. The lowest BCUT2D eigenvalue weighted by Gasteiger charge is -2.16. The summed E-state index contributed by atoms with van der Waals surface area (Å²) in [4.78, 5) is 8.47. The Hall–Kier alpha value is -2.14. The second-order valence-electron chi connectivity index (χ2n) is 4.58. The zero-order chi connectivity index (χ0) is 15.2. The van der Waals surface area contributed by atoms with E-state index in [0.29, 0.717) is 24.8 Å². The minimum Gasteiger partial charge on any atom is -0.490 e. The van der Waals surface area contributed by atoms with Crippen molar-refractivity contribution in [3.05, 3.63) is 47.5 Å². The summed E-state index contributed by atoms with van der Waals surface area (Å²) < 4.78 is 11.2. The first-order chi connectivity index (χ1) is 10.2. The molecule has 0 amide bonds. The highest BCUT2D eigenvalue weighted by atomic mass is 16.5. The van der Waals surface area contributed by atoms with Crippen LogP contribution in [0.2, 0.25) is 0 Å². The molecule has 0 fully saturated rings. The summed E-state index contributed by atoms with van der Waals surface area (Å²) in [6, 6.07) is 7.25. The third kappa shape index (κ3) is 3.70. The van der Waals surface area contributed by atoms with Gasteiger partial charge >= 0.3 is 0 Å². The Morgan fingerprint density at radius 3 is 2.48 bits per heavy atom. The predicted molar refractivity (Wildman–Crippen MR) is 81.6 cm³/mol. The SMILES string of the molecule is CCOc1ccc(C(N)c2ccnc(C)n2)cc1OCC. The normalized spacial score (nSPS) is 12.0. The van der Waals surface area contributed by atoms with Crippen LogP contribution in [-0.4, -0.2) is 23.2 Å². The van der Waals surface area contributed by atoms with Gasteiger partial charge in [0.15, 0.2) is 11.5 Å². The summed E-state index contributed by atoms with van der Waals surface area (Å²) in [7, 11) is 0. The second-order valence-corrected chi connectivity index (χ2v) is 4.58. The van der Waals surface area contributed by atoms with E-state index < -0.39 is 0 Å². The molecule has 21 heavy (non-hydrogen) atoms. The highest BCUT2D eigenvalue weighted by Gasteiger charge is 2.14. The summed E-state index contributed by atoms with van der Waals surface area (Å²) in [5.74, 6) is 2.14. The van der Waals surface area contributed by atoms with Gasteiger partial charge in [-0.1, -0.05) is 6.07 Å². The maximum atomic E-state index is 6.29. The molecule has 0 aliphatic heterocycles. The average molecular weight is 287 g/mol.